The molecule has 0 bridgehead atoms. The summed E-state index contributed by atoms with van der Waals surface area (Å²) in [6.07, 6.45) is 7.41. The van der Waals surface area contributed by atoms with E-state index < -0.39 is 0 Å². The lowest BCUT2D eigenvalue weighted by atomic mass is 9.91. The summed E-state index contributed by atoms with van der Waals surface area (Å²) in [6.45, 7) is 7.55. The summed E-state index contributed by atoms with van der Waals surface area (Å²) >= 11 is 0. The minimum absolute atomic E-state index is 0.493. The molecule has 0 aromatic heterocycles. The minimum Gasteiger partial charge on any atom is -0.314 e. The van der Waals surface area contributed by atoms with E-state index in [1.54, 1.807) is 0 Å². The van der Waals surface area contributed by atoms with Crippen molar-refractivity contribution in [1.29, 1.82) is 0 Å². The van der Waals surface area contributed by atoms with Crippen molar-refractivity contribution < 1.29 is 0 Å². The molecule has 0 aromatic carbocycles. The maximum atomic E-state index is 3.59. The second-order valence-electron chi connectivity index (χ2n) is 6.03. The summed E-state index contributed by atoms with van der Waals surface area (Å²) in [6, 6.07) is 0. The van der Waals surface area contributed by atoms with Crippen molar-refractivity contribution >= 4 is 0 Å². The first kappa shape index (κ1) is 10.1. The Hall–Kier alpha value is -0.0800. The first-order chi connectivity index (χ1) is 7.29. The molecule has 3 fully saturated rings. The van der Waals surface area contributed by atoms with Crippen LogP contribution in [0.2, 0.25) is 0 Å². The molecule has 0 radical (unpaired) electrons. The van der Waals surface area contributed by atoms with Gasteiger partial charge in [0.15, 0.2) is 0 Å². The molecular weight excluding hydrogens is 184 g/mol. The highest BCUT2D eigenvalue weighted by atomic mass is 15.3. The lowest BCUT2D eigenvalue weighted by Crippen LogP contribution is -2.61. The van der Waals surface area contributed by atoms with Gasteiger partial charge in [0.25, 0.3) is 0 Å². The fourth-order valence-electron chi connectivity index (χ4n) is 3.14. The van der Waals surface area contributed by atoms with Gasteiger partial charge in [0, 0.05) is 25.2 Å². The van der Waals surface area contributed by atoms with Crippen LogP contribution in [0.4, 0.5) is 0 Å². The van der Waals surface area contributed by atoms with Gasteiger partial charge < -0.3 is 5.32 Å². The lowest BCUT2D eigenvalue weighted by Gasteiger charge is -2.46. The van der Waals surface area contributed by atoms with E-state index in [1.165, 1.54) is 58.3 Å². The molecule has 0 amide bonds. The Morgan fingerprint density at radius 1 is 1.27 bits per heavy atom. The van der Waals surface area contributed by atoms with Crippen LogP contribution in [0.3, 0.4) is 0 Å². The third-order valence-electron chi connectivity index (χ3n) is 4.72. The SMILES string of the molecule is CC1(C2CC2)CNCCN1CCC1CC1. The molecule has 3 aliphatic rings. The molecule has 0 aromatic rings. The minimum atomic E-state index is 0.493. The maximum absolute atomic E-state index is 3.59. The molecule has 2 aliphatic carbocycles. The smallest absolute Gasteiger partial charge is 0.0334 e. The molecule has 1 unspecified atom stereocenters. The first-order valence-electron chi connectivity index (χ1n) is 6.75. The van der Waals surface area contributed by atoms with Gasteiger partial charge in [-0.1, -0.05) is 12.8 Å². The van der Waals surface area contributed by atoms with E-state index in [2.05, 4.69) is 17.1 Å². The van der Waals surface area contributed by atoms with Gasteiger partial charge in [-0.15, -0.1) is 0 Å². The Bertz CT molecular complexity index is 233. The molecule has 2 heteroatoms. The fraction of sp³-hybridized carbons (Fsp3) is 1.00. The van der Waals surface area contributed by atoms with Gasteiger partial charge in [-0.2, -0.15) is 0 Å². The van der Waals surface area contributed by atoms with Crippen molar-refractivity contribution in [3.05, 3.63) is 0 Å². The van der Waals surface area contributed by atoms with Crippen LogP contribution >= 0.6 is 0 Å². The summed E-state index contributed by atoms with van der Waals surface area (Å²) in [4.78, 5) is 2.79. The molecule has 15 heavy (non-hydrogen) atoms. The lowest BCUT2D eigenvalue weighted by molar-refractivity contribution is 0.0535. The van der Waals surface area contributed by atoms with Crippen molar-refractivity contribution in [2.24, 2.45) is 11.8 Å². The average molecular weight is 208 g/mol. The summed E-state index contributed by atoms with van der Waals surface area (Å²) < 4.78 is 0. The summed E-state index contributed by atoms with van der Waals surface area (Å²) in [7, 11) is 0. The third kappa shape index (κ3) is 2.07. The van der Waals surface area contributed by atoms with Gasteiger partial charge in [0.1, 0.15) is 0 Å². The number of piperazine rings is 1. The Kier molecular flexibility index (Phi) is 2.52. The quantitative estimate of drug-likeness (QED) is 0.758. The summed E-state index contributed by atoms with van der Waals surface area (Å²) in [5.41, 5.74) is 0.493. The average Bonchev–Trinajstić information content (AvgIpc) is 3.09. The maximum Gasteiger partial charge on any atom is 0.0334 e. The van der Waals surface area contributed by atoms with Crippen LogP contribution in [-0.4, -0.2) is 36.6 Å². The van der Waals surface area contributed by atoms with Gasteiger partial charge in [-0.05, 0) is 44.6 Å². The second-order valence-corrected chi connectivity index (χ2v) is 6.03. The van der Waals surface area contributed by atoms with E-state index in [9.17, 15) is 0 Å². The topological polar surface area (TPSA) is 15.3 Å². The van der Waals surface area contributed by atoms with Crippen LogP contribution in [0.25, 0.3) is 0 Å². The molecule has 0 spiro atoms. The van der Waals surface area contributed by atoms with Crippen LogP contribution < -0.4 is 5.32 Å². The highest BCUT2D eigenvalue weighted by Crippen LogP contribution is 2.44. The van der Waals surface area contributed by atoms with Crippen molar-refractivity contribution in [3.8, 4) is 0 Å². The normalized spacial score (nSPS) is 38.2. The van der Waals surface area contributed by atoms with Crippen LogP contribution in [0, 0.1) is 11.8 Å². The van der Waals surface area contributed by atoms with Gasteiger partial charge in [-0.3, -0.25) is 4.90 Å². The van der Waals surface area contributed by atoms with E-state index in [0.717, 1.165) is 11.8 Å². The molecule has 2 saturated carbocycles. The van der Waals surface area contributed by atoms with Gasteiger partial charge in [0.2, 0.25) is 0 Å². The van der Waals surface area contributed by atoms with E-state index in [0.29, 0.717) is 5.54 Å². The Morgan fingerprint density at radius 3 is 2.73 bits per heavy atom. The van der Waals surface area contributed by atoms with E-state index in [-0.39, 0.29) is 0 Å². The van der Waals surface area contributed by atoms with Crippen LogP contribution in [0.15, 0.2) is 0 Å². The molecule has 1 saturated heterocycles. The van der Waals surface area contributed by atoms with Gasteiger partial charge in [0.05, 0.1) is 0 Å². The van der Waals surface area contributed by atoms with Gasteiger partial charge in [-0.25, -0.2) is 0 Å². The molecule has 1 heterocycles. The summed E-state index contributed by atoms with van der Waals surface area (Å²) in [5, 5.41) is 3.59. The number of rotatable bonds is 4. The molecule has 1 atom stereocenters. The highest BCUT2D eigenvalue weighted by Gasteiger charge is 2.46. The number of nitrogens with zero attached hydrogens (tertiary/aromatic N) is 1. The molecular formula is C13H24N2. The zero-order valence-electron chi connectivity index (χ0n) is 9.97. The monoisotopic (exact) mass is 208 g/mol. The van der Waals surface area contributed by atoms with Crippen LogP contribution in [-0.2, 0) is 0 Å². The zero-order valence-corrected chi connectivity index (χ0v) is 9.97. The van der Waals surface area contributed by atoms with E-state index >= 15 is 0 Å². The number of nitrogens with one attached hydrogen (secondary N) is 1. The second kappa shape index (κ2) is 3.74. The first-order valence-corrected chi connectivity index (χ1v) is 6.75. The van der Waals surface area contributed by atoms with Crippen LogP contribution in [0.5, 0.6) is 0 Å². The molecule has 2 nitrogen and oxygen atoms in total. The van der Waals surface area contributed by atoms with Crippen molar-refractivity contribution in [2.45, 2.75) is 44.6 Å². The van der Waals surface area contributed by atoms with Crippen molar-refractivity contribution in [1.82, 2.24) is 10.2 Å². The van der Waals surface area contributed by atoms with Gasteiger partial charge >= 0.3 is 0 Å². The highest BCUT2D eigenvalue weighted by molar-refractivity contribution is 5.03. The zero-order chi connectivity index (χ0) is 10.3. The predicted molar refractivity (Wildman–Crippen MR) is 62.9 cm³/mol. The Labute approximate surface area is 93.4 Å². The molecule has 1 N–H and O–H groups in total. The number of hydrogen-bond acceptors (Lipinski definition) is 2. The number of hydrogen-bond donors (Lipinski definition) is 1. The Balaban J connectivity index is 1.60. The van der Waals surface area contributed by atoms with Crippen molar-refractivity contribution in [2.75, 3.05) is 26.2 Å². The molecule has 86 valence electrons. The predicted octanol–water partition coefficient (Wildman–Crippen LogP) is 1.86. The largest absolute Gasteiger partial charge is 0.314 e. The third-order valence-corrected chi connectivity index (χ3v) is 4.72. The van der Waals surface area contributed by atoms with Crippen molar-refractivity contribution in [3.63, 3.8) is 0 Å². The van der Waals surface area contributed by atoms with Crippen LogP contribution in [0.1, 0.15) is 39.0 Å². The molecule has 1 aliphatic heterocycles. The summed E-state index contributed by atoms with van der Waals surface area (Å²) in [5.74, 6) is 2.08. The van der Waals surface area contributed by atoms with E-state index in [1.807, 2.05) is 0 Å². The molecule has 3 rings (SSSR count). The Morgan fingerprint density at radius 2 is 2.07 bits per heavy atom. The standard InChI is InChI=1S/C13H24N2/c1-13(12-4-5-12)10-14-7-9-15(13)8-6-11-2-3-11/h11-12,14H,2-10H2,1H3. The fourth-order valence-corrected chi connectivity index (χ4v) is 3.14. The van der Waals surface area contributed by atoms with E-state index in [4.69, 9.17) is 0 Å².